The molecule has 2 atom stereocenters. The molecule has 6 nitrogen and oxygen atoms in total. The molecule has 0 unspecified atom stereocenters. The van der Waals surface area contributed by atoms with Crippen molar-refractivity contribution in [2.45, 2.75) is 52.1 Å². The Bertz CT molecular complexity index is 1030. The molecular formula is C26H34ClN3O3. The highest BCUT2D eigenvalue weighted by Gasteiger charge is 2.36. The molecule has 2 saturated heterocycles. The van der Waals surface area contributed by atoms with Crippen molar-refractivity contribution in [2.24, 2.45) is 5.16 Å². The summed E-state index contributed by atoms with van der Waals surface area (Å²) in [5.74, 6) is 1.58. The van der Waals surface area contributed by atoms with Crippen LogP contribution in [-0.2, 0) is 0 Å². The number of oxime groups is 1. The number of anilines is 1. The minimum atomic E-state index is 0.291. The quantitative estimate of drug-likeness (QED) is 0.337. The second-order valence-corrected chi connectivity index (χ2v) is 9.54. The fourth-order valence-electron chi connectivity index (χ4n) is 5.21. The Morgan fingerprint density at radius 1 is 1.12 bits per heavy atom. The highest BCUT2D eigenvalue weighted by molar-refractivity contribution is 6.32. The molecule has 0 radical (unpaired) electrons. The van der Waals surface area contributed by atoms with Gasteiger partial charge in [0, 0.05) is 43.5 Å². The van der Waals surface area contributed by atoms with E-state index in [1.54, 1.807) is 14.0 Å². The van der Waals surface area contributed by atoms with Gasteiger partial charge in [0.15, 0.2) is 0 Å². The molecule has 2 aliphatic heterocycles. The number of piperazine rings is 1. The van der Waals surface area contributed by atoms with Crippen LogP contribution in [0.3, 0.4) is 0 Å². The van der Waals surface area contributed by atoms with Crippen LogP contribution in [0.25, 0.3) is 0 Å². The Balaban J connectivity index is 1.51. The normalized spacial score (nSPS) is 21.6. The summed E-state index contributed by atoms with van der Waals surface area (Å²) in [6.07, 6.45) is 3.63. The van der Waals surface area contributed by atoms with Crippen molar-refractivity contribution in [3.05, 3.63) is 52.0 Å². The summed E-state index contributed by atoms with van der Waals surface area (Å²) in [5, 5.41) is 12.7. The number of piperidine rings is 1. The molecule has 33 heavy (non-hydrogen) atoms. The molecule has 1 N–H and O–H groups in total. The van der Waals surface area contributed by atoms with Crippen molar-refractivity contribution in [1.29, 1.82) is 0 Å². The van der Waals surface area contributed by atoms with Crippen LogP contribution >= 0.6 is 11.6 Å². The monoisotopic (exact) mass is 471 g/mol. The van der Waals surface area contributed by atoms with Gasteiger partial charge in [-0.3, -0.25) is 4.90 Å². The third kappa shape index (κ3) is 4.92. The van der Waals surface area contributed by atoms with Crippen LogP contribution in [0.1, 0.15) is 48.9 Å². The summed E-state index contributed by atoms with van der Waals surface area (Å²) >= 11 is 6.24. The zero-order chi connectivity index (χ0) is 23.5. The van der Waals surface area contributed by atoms with Gasteiger partial charge in [0.25, 0.3) is 0 Å². The van der Waals surface area contributed by atoms with Crippen LogP contribution < -0.4 is 14.4 Å². The molecular weight excluding hydrogens is 438 g/mol. The maximum atomic E-state index is 8.88. The molecule has 2 fully saturated rings. The number of methoxy groups -OCH3 is 1. The number of hydrogen-bond acceptors (Lipinski definition) is 6. The Kier molecular flexibility index (Phi) is 7.35. The molecule has 2 aromatic carbocycles. The molecule has 4 rings (SSSR count). The maximum Gasteiger partial charge on any atom is 0.139 e. The molecule has 2 heterocycles. The lowest BCUT2D eigenvalue weighted by molar-refractivity contribution is 0.0712. The average molecular weight is 472 g/mol. The van der Waals surface area contributed by atoms with Crippen molar-refractivity contribution in [1.82, 2.24) is 4.90 Å². The van der Waals surface area contributed by atoms with Crippen LogP contribution in [-0.4, -0.2) is 55.2 Å². The van der Waals surface area contributed by atoms with Crippen molar-refractivity contribution in [3.63, 3.8) is 0 Å². The van der Waals surface area contributed by atoms with Crippen molar-refractivity contribution in [2.75, 3.05) is 38.3 Å². The van der Waals surface area contributed by atoms with E-state index in [0.717, 1.165) is 36.7 Å². The van der Waals surface area contributed by atoms with Gasteiger partial charge in [-0.05, 0) is 74.9 Å². The highest BCUT2D eigenvalue weighted by atomic mass is 35.5. The highest BCUT2D eigenvalue weighted by Crippen LogP contribution is 2.40. The van der Waals surface area contributed by atoms with E-state index in [1.165, 1.54) is 36.1 Å². The van der Waals surface area contributed by atoms with Crippen molar-refractivity contribution >= 4 is 23.0 Å². The van der Waals surface area contributed by atoms with Crippen molar-refractivity contribution < 1.29 is 14.7 Å². The molecule has 2 aromatic rings. The Morgan fingerprint density at radius 3 is 2.70 bits per heavy atom. The lowest BCUT2D eigenvalue weighted by Gasteiger charge is -2.49. The topological polar surface area (TPSA) is 57.5 Å². The minimum absolute atomic E-state index is 0.291. The van der Waals surface area contributed by atoms with Crippen molar-refractivity contribution in [3.8, 4) is 11.5 Å². The van der Waals surface area contributed by atoms with Gasteiger partial charge in [-0.15, -0.1) is 0 Å². The number of benzene rings is 2. The first kappa shape index (κ1) is 23.7. The smallest absolute Gasteiger partial charge is 0.139 e. The van der Waals surface area contributed by atoms with Gasteiger partial charge < -0.3 is 19.6 Å². The van der Waals surface area contributed by atoms with Gasteiger partial charge in [-0.2, -0.15) is 0 Å². The van der Waals surface area contributed by atoms with Crippen LogP contribution in [0, 0.1) is 13.8 Å². The average Bonchev–Trinajstić information content (AvgIpc) is 2.84. The van der Waals surface area contributed by atoms with Gasteiger partial charge in [-0.25, -0.2) is 0 Å². The molecule has 0 saturated carbocycles. The SMILES string of the molecule is COc1cc(N2CCN3[C@@H](CCC[C@@H]3c3ccc(OCC(C)=NO)c(C)c3C)C2)ccc1Cl. The zero-order valence-corrected chi connectivity index (χ0v) is 20.7. The zero-order valence-electron chi connectivity index (χ0n) is 20.0. The first-order valence-electron chi connectivity index (χ1n) is 11.7. The molecule has 7 heteroatoms. The largest absolute Gasteiger partial charge is 0.495 e. The summed E-state index contributed by atoms with van der Waals surface area (Å²) < 4.78 is 11.3. The fourth-order valence-corrected chi connectivity index (χ4v) is 5.40. The molecule has 0 amide bonds. The Morgan fingerprint density at radius 2 is 1.94 bits per heavy atom. The van der Waals surface area contributed by atoms with Crippen LogP contribution in [0.4, 0.5) is 5.69 Å². The predicted octanol–water partition coefficient (Wildman–Crippen LogP) is 5.61. The predicted molar refractivity (Wildman–Crippen MR) is 134 cm³/mol. The summed E-state index contributed by atoms with van der Waals surface area (Å²) in [6, 6.07) is 11.3. The maximum absolute atomic E-state index is 8.88. The first-order valence-corrected chi connectivity index (χ1v) is 12.1. The minimum Gasteiger partial charge on any atom is -0.495 e. The van der Waals surface area contributed by atoms with E-state index in [0.29, 0.717) is 29.4 Å². The van der Waals surface area contributed by atoms with Gasteiger partial charge in [0.05, 0.1) is 17.8 Å². The number of hydrogen-bond donors (Lipinski definition) is 1. The third-order valence-corrected chi connectivity index (χ3v) is 7.50. The summed E-state index contributed by atoms with van der Waals surface area (Å²) in [5.41, 5.74) is 5.59. The number of halogens is 1. The third-order valence-electron chi connectivity index (χ3n) is 7.19. The summed E-state index contributed by atoms with van der Waals surface area (Å²) in [7, 11) is 1.66. The van der Waals surface area contributed by atoms with Gasteiger partial charge in [0.1, 0.15) is 18.1 Å². The molecule has 0 aromatic heterocycles. The van der Waals surface area contributed by atoms with Crippen LogP contribution in [0.2, 0.25) is 5.02 Å². The van der Waals surface area contributed by atoms with Gasteiger partial charge >= 0.3 is 0 Å². The van der Waals surface area contributed by atoms with Gasteiger partial charge in [-0.1, -0.05) is 22.8 Å². The molecule has 0 spiro atoms. The van der Waals surface area contributed by atoms with Gasteiger partial charge in [0.2, 0.25) is 0 Å². The number of ether oxygens (including phenoxy) is 2. The van der Waals surface area contributed by atoms with E-state index >= 15 is 0 Å². The molecule has 0 aliphatic carbocycles. The molecule has 0 bridgehead atoms. The van der Waals surface area contributed by atoms with Crippen LogP contribution in [0.15, 0.2) is 35.5 Å². The Hall–Kier alpha value is -2.44. The Labute approximate surface area is 201 Å². The van der Waals surface area contributed by atoms with E-state index < -0.39 is 0 Å². The lowest BCUT2D eigenvalue weighted by Crippen LogP contribution is -2.56. The lowest BCUT2D eigenvalue weighted by atomic mass is 9.86. The standard InChI is InChI=1S/C26H34ClN3O3/c1-17(28-31)16-33-25-11-9-22(18(2)19(25)3)24-7-5-6-21-15-29(12-13-30(21)24)20-8-10-23(27)26(14-20)32-4/h8-11,14,21,24,31H,5-7,12-13,15-16H2,1-4H3/t21-,24+/m0/s1. The number of fused-ring (bicyclic) bond motifs is 1. The van der Waals surface area contributed by atoms with E-state index in [1.807, 2.05) is 12.1 Å². The van der Waals surface area contributed by atoms with E-state index in [9.17, 15) is 0 Å². The van der Waals surface area contributed by atoms with E-state index in [4.69, 9.17) is 26.3 Å². The summed E-state index contributed by atoms with van der Waals surface area (Å²) in [6.45, 7) is 9.38. The fraction of sp³-hybridized carbons (Fsp3) is 0.500. The van der Waals surface area contributed by atoms with Crippen LogP contribution in [0.5, 0.6) is 11.5 Å². The molecule has 2 aliphatic rings. The van der Waals surface area contributed by atoms with E-state index in [-0.39, 0.29) is 0 Å². The summed E-state index contributed by atoms with van der Waals surface area (Å²) in [4.78, 5) is 5.17. The second kappa shape index (κ2) is 10.2. The first-order chi connectivity index (χ1) is 15.9. The second-order valence-electron chi connectivity index (χ2n) is 9.13. The van der Waals surface area contributed by atoms with E-state index in [2.05, 4.69) is 47.0 Å². The number of rotatable bonds is 6. The molecule has 178 valence electrons. The number of nitrogens with zero attached hydrogens (tertiary/aromatic N) is 3.